The fraction of sp³-hybridized carbons (Fsp3) is 0.0233. The second-order valence-electron chi connectivity index (χ2n) is 12.1. The molecule has 0 radical (unpaired) electrons. The summed E-state index contributed by atoms with van der Waals surface area (Å²) in [5.41, 5.74) is 14.1. The maximum Gasteiger partial charge on any atom is 0.160 e. The van der Waals surface area contributed by atoms with Gasteiger partial charge in [-0.25, -0.2) is 9.97 Å². The van der Waals surface area contributed by atoms with Crippen molar-refractivity contribution in [3.63, 3.8) is 0 Å². The fourth-order valence-electron chi connectivity index (χ4n) is 8.07. The zero-order chi connectivity index (χ0) is 29.5. The van der Waals surface area contributed by atoms with Crippen LogP contribution in [-0.4, -0.2) is 9.97 Å². The molecule has 1 unspecified atom stereocenters. The zero-order valence-corrected chi connectivity index (χ0v) is 24.4. The van der Waals surface area contributed by atoms with Crippen molar-refractivity contribution in [2.45, 2.75) is 5.41 Å². The minimum Gasteiger partial charge on any atom is -0.228 e. The number of hydrogen-bond acceptors (Lipinski definition) is 2. The molecule has 2 aliphatic carbocycles. The van der Waals surface area contributed by atoms with Crippen molar-refractivity contribution >= 4 is 21.7 Å². The van der Waals surface area contributed by atoms with Gasteiger partial charge in [0.2, 0.25) is 0 Å². The molecule has 208 valence electrons. The number of para-hydroxylation sites is 1. The van der Waals surface area contributed by atoms with E-state index in [1.54, 1.807) is 0 Å². The Morgan fingerprint density at radius 1 is 0.400 bits per heavy atom. The summed E-state index contributed by atoms with van der Waals surface area (Å²) in [6.45, 7) is 0. The molecule has 2 nitrogen and oxygen atoms in total. The molecule has 1 spiro atoms. The Morgan fingerprint density at radius 2 is 1.07 bits per heavy atom. The predicted molar refractivity (Wildman–Crippen MR) is 184 cm³/mol. The molecule has 1 aromatic heterocycles. The van der Waals surface area contributed by atoms with E-state index in [0.717, 1.165) is 33.5 Å². The maximum absolute atomic E-state index is 5.25. The molecule has 0 fully saturated rings. The Bertz CT molecular complexity index is 2490. The van der Waals surface area contributed by atoms with Gasteiger partial charge in [0.05, 0.1) is 16.6 Å². The van der Waals surface area contributed by atoms with Gasteiger partial charge in [0.25, 0.3) is 0 Å². The van der Waals surface area contributed by atoms with E-state index in [1.807, 2.05) is 6.07 Å². The molecule has 0 aliphatic heterocycles. The highest BCUT2D eigenvalue weighted by Crippen LogP contribution is 2.64. The van der Waals surface area contributed by atoms with Gasteiger partial charge in [0.15, 0.2) is 5.82 Å². The third-order valence-electron chi connectivity index (χ3n) is 9.89. The summed E-state index contributed by atoms with van der Waals surface area (Å²) >= 11 is 0. The molecular formula is C43H26N2. The summed E-state index contributed by atoms with van der Waals surface area (Å²) in [4.78, 5) is 10.4. The van der Waals surface area contributed by atoms with E-state index in [9.17, 15) is 0 Å². The standard InChI is InChI=1S/C43H26N2/c1-2-13-28(14-3-1)41-34-18-8-11-21-39(34)44-42(45-41)29-22-24-32-31-16-6-9-19-35(31)43(38(32)26-29)36-20-10-7-17-33(36)40-30-15-5-4-12-27(30)23-25-37(40)43/h1-26H. The highest BCUT2D eigenvalue weighted by molar-refractivity contribution is 6.06. The molecule has 0 bridgehead atoms. The summed E-state index contributed by atoms with van der Waals surface area (Å²) < 4.78 is 0. The Hall–Kier alpha value is -5.86. The minimum atomic E-state index is -0.434. The van der Waals surface area contributed by atoms with Gasteiger partial charge in [0.1, 0.15) is 0 Å². The van der Waals surface area contributed by atoms with Crippen molar-refractivity contribution in [3.8, 4) is 44.9 Å². The number of benzene rings is 7. The zero-order valence-electron chi connectivity index (χ0n) is 24.4. The van der Waals surface area contributed by atoms with Gasteiger partial charge in [-0.1, -0.05) is 146 Å². The van der Waals surface area contributed by atoms with Crippen LogP contribution in [0.15, 0.2) is 158 Å². The smallest absolute Gasteiger partial charge is 0.160 e. The molecule has 0 N–H and O–H groups in total. The first-order valence-corrected chi connectivity index (χ1v) is 15.5. The molecule has 8 aromatic rings. The average Bonchev–Trinajstić information content (AvgIpc) is 3.59. The molecule has 10 rings (SSSR count). The summed E-state index contributed by atoms with van der Waals surface area (Å²) in [6.07, 6.45) is 0. The highest BCUT2D eigenvalue weighted by atomic mass is 14.9. The topological polar surface area (TPSA) is 25.8 Å². The lowest BCUT2D eigenvalue weighted by molar-refractivity contribution is 0.794. The van der Waals surface area contributed by atoms with Crippen LogP contribution in [0.4, 0.5) is 0 Å². The molecular weight excluding hydrogens is 544 g/mol. The third kappa shape index (κ3) is 3.23. The van der Waals surface area contributed by atoms with Gasteiger partial charge in [-0.3, -0.25) is 0 Å². The van der Waals surface area contributed by atoms with Crippen LogP contribution in [0.5, 0.6) is 0 Å². The van der Waals surface area contributed by atoms with Gasteiger partial charge in [-0.2, -0.15) is 0 Å². The van der Waals surface area contributed by atoms with Crippen molar-refractivity contribution in [3.05, 3.63) is 180 Å². The van der Waals surface area contributed by atoms with Crippen LogP contribution >= 0.6 is 0 Å². The number of aromatic nitrogens is 2. The molecule has 45 heavy (non-hydrogen) atoms. The van der Waals surface area contributed by atoms with Crippen LogP contribution < -0.4 is 0 Å². The molecule has 0 saturated heterocycles. The quantitative estimate of drug-likeness (QED) is 0.207. The third-order valence-corrected chi connectivity index (χ3v) is 9.89. The normalized spacial score (nSPS) is 15.6. The van der Waals surface area contributed by atoms with E-state index < -0.39 is 5.41 Å². The molecule has 0 saturated carbocycles. The summed E-state index contributed by atoms with van der Waals surface area (Å²) in [7, 11) is 0. The van der Waals surface area contributed by atoms with Crippen molar-refractivity contribution in [1.82, 2.24) is 9.97 Å². The SMILES string of the molecule is c1ccc(-c2nc(-c3ccc4c(c3)C3(c5ccccc5-4)c4ccccc4-c4c3ccc3ccccc43)nc3ccccc23)cc1. The van der Waals surface area contributed by atoms with E-state index in [2.05, 4.69) is 152 Å². The summed E-state index contributed by atoms with van der Waals surface area (Å²) in [5.74, 6) is 0.742. The van der Waals surface area contributed by atoms with Crippen LogP contribution in [0.1, 0.15) is 22.3 Å². The monoisotopic (exact) mass is 570 g/mol. The highest BCUT2D eigenvalue weighted by Gasteiger charge is 2.52. The van der Waals surface area contributed by atoms with Gasteiger partial charge < -0.3 is 0 Å². The van der Waals surface area contributed by atoms with E-state index in [-0.39, 0.29) is 0 Å². The predicted octanol–water partition coefficient (Wildman–Crippen LogP) is 10.5. The van der Waals surface area contributed by atoms with Gasteiger partial charge >= 0.3 is 0 Å². The van der Waals surface area contributed by atoms with Gasteiger partial charge in [-0.15, -0.1) is 0 Å². The Kier molecular flexibility index (Phi) is 4.95. The lowest BCUT2D eigenvalue weighted by Crippen LogP contribution is -2.25. The Balaban J connectivity index is 1.29. The van der Waals surface area contributed by atoms with Crippen molar-refractivity contribution in [2.75, 3.05) is 0 Å². The molecule has 2 aliphatic rings. The van der Waals surface area contributed by atoms with E-state index in [1.165, 1.54) is 55.3 Å². The fourth-order valence-corrected chi connectivity index (χ4v) is 8.07. The van der Waals surface area contributed by atoms with Crippen LogP contribution in [0.3, 0.4) is 0 Å². The lowest BCUT2D eigenvalue weighted by Gasteiger charge is -2.30. The maximum atomic E-state index is 5.25. The number of fused-ring (bicyclic) bond motifs is 13. The molecule has 0 amide bonds. The number of nitrogens with zero attached hydrogens (tertiary/aromatic N) is 2. The first kappa shape index (κ1) is 24.6. The minimum absolute atomic E-state index is 0.434. The second kappa shape index (κ2) is 9.07. The molecule has 2 heteroatoms. The van der Waals surface area contributed by atoms with Crippen LogP contribution in [-0.2, 0) is 5.41 Å². The van der Waals surface area contributed by atoms with E-state index in [4.69, 9.17) is 9.97 Å². The first-order chi connectivity index (χ1) is 22.3. The lowest BCUT2D eigenvalue weighted by atomic mass is 9.70. The van der Waals surface area contributed by atoms with Gasteiger partial charge in [0, 0.05) is 16.5 Å². The molecule has 7 aromatic carbocycles. The first-order valence-electron chi connectivity index (χ1n) is 15.5. The number of rotatable bonds is 2. The summed E-state index contributed by atoms with van der Waals surface area (Å²) in [5, 5.41) is 3.62. The second-order valence-corrected chi connectivity index (χ2v) is 12.1. The van der Waals surface area contributed by atoms with Crippen LogP contribution in [0.2, 0.25) is 0 Å². The van der Waals surface area contributed by atoms with Crippen molar-refractivity contribution in [2.24, 2.45) is 0 Å². The average molecular weight is 571 g/mol. The van der Waals surface area contributed by atoms with E-state index in [0.29, 0.717) is 0 Å². The van der Waals surface area contributed by atoms with E-state index >= 15 is 0 Å². The largest absolute Gasteiger partial charge is 0.228 e. The van der Waals surface area contributed by atoms with Gasteiger partial charge in [-0.05, 0) is 67.4 Å². The molecule has 1 atom stereocenters. The molecule has 1 heterocycles. The van der Waals surface area contributed by atoms with Crippen LogP contribution in [0.25, 0.3) is 66.6 Å². The summed E-state index contributed by atoms with van der Waals surface area (Å²) in [6, 6.07) is 57.1. The number of hydrogen-bond donors (Lipinski definition) is 0. The van der Waals surface area contributed by atoms with Crippen LogP contribution in [0, 0.1) is 0 Å². The van der Waals surface area contributed by atoms with Crippen molar-refractivity contribution < 1.29 is 0 Å². The Labute approximate surface area is 261 Å². The van der Waals surface area contributed by atoms with Crippen molar-refractivity contribution in [1.29, 1.82) is 0 Å². The Morgan fingerprint density at radius 3 is 1.93 bits per heavy atom.